The SMILES string of the molecule is CCOC(=O)Nc1ccc(Nc2cccc(Br)c2)cn1. The molecule has 2 N–H and O–H groups in total. The van der Waals surface area contributed by atoms with Gasteiger partial charge in [-0.1, -0.05) is 22.0 Å². The maximum Gasteiger partial charge on any atom is 0.412 e. The van der Waals surface area contributed by atoms with Crippen LogP contribution in [0.3, 0.4) is 0 Å². The molecular formula is C14H14BrN3O2. The molecule has 0 fully saturated rings. The number of carbonyl (C=O) groups is 1. The third-order valence-electron chi connectivity index (χ3n) is 2.38. The van der Waals surface area contributed by atoms with Gasteiger partial charge in [-0.05, 0) is 37.3 Å². The van der Waals surface area contributed by atoms with Gasteiger partial charge in [0, 0.05) is 10.2 Å². The van der Waals surface area contributed by atoms with Crippen LogP contribution in [-0.4, -0.2) is 17.7 Å². The highest BCUT2D eigenvalue weighted by Gasteiger charge is 2.03. The van der Waals surface area contributed by atoms with Crippen LogP contribution in [0, 0.1) is 0 Å². The molecule has 1 aromatic heterocycles. The first kappa shape index (κ1) is 14.3. The van der Waals surface area contributed by atoms with Gasteiger partial charge in [0.15, 0.2) is 0 Å². The fraction of sp³-hybridized carbons (Fsp3) is 0.143. The Kier molecular flexibility index (Phi) is 4.95. The summed E-state index contributed by atoms with van der Waals surface area (Å²) in [6.45, 7) is 2.08. The molecule has 2 aromatic rings. The van der Waals surface area contributed by atoms with Crippen molar-refractivity contribution < 1.29 is 9.53 Å². The van der Waals surface area contributed by atoms with Gasteiger partial charge in [0.25, 0.3) is 0 Å². The van der Waals surface area contributed by atoms with Crippen LogP contribution in [0.1, 0.15) is 6.92 Å². The van der Waals surface area contributed by atoms with E-state index in [0.717, 1.165) is 15.8 Å². The molecule has 20 heavy (non-hydrogen) atoms. The third-order valence-corrected chi connectivity index (χ3v) is 2.88. The van der Waals surface area contributed by atoms with Crippen molar-refractivity contribution in [3.63, 3.8) is 0 Å². The summed E-state index contributed by atoms with van der Waals surface area (Å²) < 4.78 is 5.77. The lowest BCUT2D eigenvalue weighted by Crippen LogP contribution is -2.14. The molecule has 0 saturated heterocycles. The Morgan fingerprint density at radius 1 is 1.30 bits per heavy atom. The lowest BCUT2D eigenvalue weighted by molar-refractivity contribution is 0.168. The van der Waals surface area contributed by atoms with Crippen LogP contribution in [0.2, 0.25) is 0 Å². The van der Waals surface area contributed by atoms with Gasteiger partial charge in [-0.3, -0.25) is 5.32 Å². The molecule has 0 aliphatic heterocycles. The topological polar surface area (TPSA) is 63.2 Å². The van der Waals surface area contributed by atoms with E-state index in [0.29, 0.717) is 12.4 Å². The predicted octanol–water partition coefficient (Wildman–Crippen LogP) is 4.16. The number of hydrogen-bond acceptors (Lipinski definition) is 4. The zero-order valence-electron chi connectivity index (χ0n) is 10.9. The average Bonchev–Trinajstić information content (AvgIpc) is 2.41. The van der Waals surface area contributed by atoms with E-state index in [-0.39, 0.29) is 0 Å². The summed E-state index contributed by atoms with van der Waals surface area (Å²) in [6.07, 6.45) is 1.13. The maximum absolute atomic E-state index is 11.2. The van der Waals surface area contributed by atoms with Crippen LogP contribution in [0.4, 0.5) is 22.0 Å². The molecule has 104 valence electrons. The summed E-state index contributed by atoms with van der Waals surface area (Å²) in [4.78, 5) is 15.4. The second kappa shape index (κ2) is 6.91. The van der Waals surface area contributed by atoms with Crippen molar-refractivity contribution in [3.05, 3.63) is 47.1 Å². The lowest BCUT2D eigenvalue weighted by Gasteiger charge is -2.08. The molecule has 0 aliphatic rings. The largest absolute Gasteiger partial charge is 0.450 e. The van der Waals surface area contributed by atoms with Gasteiger partial charge < -0.3 is 10.1 Å². The summed E-state index contributed by atoms with van der Waals surface area (Å²) in [6, 6.07) is 11.3. The van der Waals surface area contributed by atoms with Gasteiger partial charge in [-0.2, -0.15) is 0 Å². The minimum absolute atomic E-state index is 0.328. The zero-order chi connectivity index (χ0) is 14.4. The molecule has 0 aliphatic carbocycles. The number of hydrogen-bond donors (Lipinski definition) is 2. The number of ether oxygens (including phenoxy) is 1. The highest BCUT2D eigenvalue weighted by Crippen LogP contribution is 2.20. The van der Waals surface area contributed by atoms with Crippen molar-refractivity contribution in [1.82, 2.24) is 4.98 Å². The summed E-state index contributed by atoms with van der Waals surface area (Å²) in [7, 11) is 0. The highest BCUT2D eigenvalue weighted by molar-refractivity contribution is 9.10. The molecule has 0 saturated carbocycles. The lowest BCUT2D eigenvalue weighted by atomic mass is 10.3. The Balaban J connectivity index is 1.99. The van der Waals surface area contributed by atoms with Crippen molar-refractivity contribution in [2.24, 2.45) is 0 Å². The summed E-state index contributed by atoms with van der Waals surface area (Å²) in [5.74, 6) is 0.447. The number of halogens is 1. The number of benzene rings is 1. The smallest absolute Gasteiger partial charge is 0.412 e. The fourth-order valence-electron chi connectivity index (χ4n) is 1.55. The number of rotatable bonds is 4. The van der Waals surface area contributed by atoms with E-state index in [1.807, 2.05) is 30.3 Å². The Labute approximate surface area is 125 Å². The standard InChI is InChI=1S/C14H14BrN3O2/c1-2-20-14(19)18-13-7-6-12(9-16-13)17-11-5-3-4-10(15)8-11/h3-9,17H,2H2,1H3,(H,16,18,19). The second-order valence-corrected chi connectivity index (χ2v) is 4.83. The summed E-state index contributed by atoms with van der Waals surface area (Å²) in [5, 5.41) is 5.75. The van der Waals surface area contributed by atoms with Crippen LogP contribution in [0.5, 0.6) is 0 Å². The van der Waals surface area contributed by atoms with Crippen molar-refractivity contribution >= 4 is 39.2 Å². The summed E-state index contributed by atoms with van der Waals surface area (Å²) in [5.41, 5.74) is 1.78. The van der Waals surface area contributed by atoms with Gasteiger partial charge >= 0.3 is 6.09 Å². The molecular weight excluding hydrogens is 322 g/mol. The molecule has 1 aromatic carbocycles. The number of nitrogens with zero attached hydrogens (tertiary/aromatic N) is 1. The highest BCUT2D eigenvalue weighted by atomic mass is 79.9. The first-order valence-electron chi connectivity index (χ1n) is 6.10. The van der Waals surface area contributed by atoms with Gasteiger partial charge in [0.1, 0.15) is 5.82 Å². The van der Waals surface area contributed by atoms with E-state index in [1.54, 1.807) is 19.2 Å². The Morgan fingerprint density at radius 2 is 2.15 bits per heavy atom. The fourth-order valence-corrected chi connectivity index (χ4v) is 1.95. The molecule has 1 heterocycles. The van der Waals surface area contributed by atoms with Gasteiger partial charge in [0.2, 0.25) is 0 Å². The van der Waals surface area contributed by atoms with Crippen molar-refractivity contribution in [2.45, 2.75) is 6.92 Å². The van der Waals surface area contributed by atoms with Gasteiger partial charge in [-0.15, -0.1) is 0 Å². The monoisotopic (exact) mass is 335 g/mol. The maximum atomic E-state index is 11.2. The number of aromatic nitrogens is 1. The molecule has 1 amide bonds. The predicted molar refractivity (Wildman–Crippen MR) is 82.3 cm³/mol. The van der Waals surface area contributed by atoms with E-state index in [1.165, 1.54) is 0 Å². The minimum atomic E-state index is -0.507. The molecule has 5 nitrogen and oxygen atoms in total. The van der Waals surface area contributed by atoms with E-state index >= 15 is 0 Å². The molecule has 0 unspecified atom stereocenters. The van der Waals surface area contributed by atoms with E-state index in [4.69, 9.17) is 4.74 Å². The molecule has 0 atom stereocenters. The van der Waals surface area contributed by atoms with Crippen LogP contribution in [0.25, 0.3) is 0 Å². The van der Waals surface area contributed by atoms with Gasteiger partial charge in [-0.25, -0.2) is 9.78 Å². The Bertz CT molecular complexity index is 587. The van der Waals surface area contributed by atoms with E-state index < -0.39 is 6.09 Å². The minimum Gasteiger partial charge on any atom is -0.450 e. The number of anilines is 3. The van der Waals surface area contributed by atoms with Crippen molar-refractivity contribution in [3.8, 4) is 0 Å². The first-order chi connectivity index (χ1) is 9.67. The van der Waals surface area contributed by atoms with Gasteiger partial charge in [0.05, 0.1) is 18.5 Å². The van der Waals surface area contributed by atoms with E-state index in [2.05, 4.69) is 31.5 Å². The zero-order valence-corrected chi connectivity index (χ0v) is 12.5. The van der Waals surface area contributed by atoms with Crippen LogP contribution >= 0.6 is 15.9 Å². The quantitative estimate of drug-likeness (QED) is 0.880. The van der Waals surface area contributed by atoms with Crippen molar-refractivity contribution in [2.75, 3.05) is 17.2 Å². The first-order valence-corrected chi connectivity index (χ1v) is 6.89. The number of amides is 1. The Hall–Kier alpha value is -2.08. The van der Waals surface area contributed by atoms with Crippen LogP contribution in [-0.2, 0) is 4.74 Å². The Morgan fingerprint density at radius 3 is 2.80 bits per heavy atom. The molecule has 2 rings (SSSR count). The number of nitrogens with one attached hydrogen (secondary N) is 2. The molecule has 0 spiro atoms. The van der Waals surface area contributed by atoms with Crippen molar-refractivity contribution in [1.29, 1.82) is 0 Å². The number of pyridine rings is 1. The molecule has 0 bridgehead atoms. The molecule has 6 heteroatoms. The second-order valence-electron chi connectivity index (χ2n) is 3.91. The van der Waals surface area contributed by atoms with Crippen LogP contribution in [0.15, 0.2) is 47.1 Å². The van der Waals surface area contributed by atoms with E-state index in [9.17, 15) is 4.79 Å². The summed E-state index contributed by atoms with van der Waals surface area (Å²) >= 11 is 3.41. The molecule has 0 radical (unpaired) electrons. The normalized spacial score (nSPS) is 9.90. The van der Waals surface area contributed by atoms with Crippen LogP contribution < -0.4 is 10.6 Å². The number of carbonyl (C=O) groups excluding carboxylic acids is 1. The third kappa shape index (κ3) is 4.24. The average molecular weight is 336 g/mol.